The lowest BCUT2D eigenvalue weighted by Crippen LogP contribution is -2.38. The molecule has 0 saturated heterocycles. The van der Waals surface area contributed by atoms with E-state index in [1.807, 2.05) is 13.0 Å². The van der Waals surface area contributed by atoms with Crippen molar-refractivity contribution < 1.29 is 14.3 Å². The number of rotatable bonds is 5. The Morgan fingerprint density at radius 1 is 1.25 bits per heavy atom. The molecular weight excluding hydrogens is 349 g/mol. The number of allylic oxidation sites excluding steroid dienone is 2. The zero-order valence-corrected chi connectivity index (χ0v) is 15.2. The normalized spacial score (nSPS) is 19.4. The van der Waals surface area contributed by atoms with E-state index in [2.05, 4.69) is 11.4 Å². The number of ether oxygens (including phenoxy) is 1. The third-order valence-corrected chi connectivity index (χ3v) is 4.61. The van der Waals surface area contributed by atoms with Gasteiger partial charge >= 0.3 is 5.97 Å². The molecule has 2 rings (SSSR count). The van der Waals surface area contributed by atoms with Crippen LogP contribution < -0.4 is 5.32 Å². The van der Waals surface area contributed by atoms with Gasteiger partial charge in [-0.05, 0) is 50.8 Å². The van der Waals surface area contributed by atoms with Gasteiger partial charge in [-0.2, -0.15) is 0 Å². The zero-order valence-electron chi connectivity index (χ0n) is 13.7. The van der Waals surface area contributed by atoms with Gasteiger partial charge in [-0.1, -0.05) is 41.4 Å². The third-order valence-electron chi connectivity index (χ3n) is 4.05. The van der Waals surface area contributed by atoms with Crippen molar-refractivity contribution in [3.05, 3.63) is 46.0 Å². The average molecular weight is 370 g/mol. The molecule has 0 fully saturated rings. The predicted octanol–water partition coefficient (Wildman–Crippen LogP) is 4.46. The van der Waals surface area contributed by atoms with Crippen LogP contribution in [0.2, 0.25) is 10.0 Å². The summed E-state index contributed by atoms with van der Waals surface area (Å²) in [6.07, 6.45) is 5.48. The molecule has 0 saturated carbocycles. The average Bonchev–Trinajstić information content (AvgIpc) is 2.55. The molecule has 0 spiro atoms. The van der Waals surface area contributed by atoms with E-state index in [0.717, 1.165) is 18.4 Å². The van der Waals surface area contributed by atoms with Gasteiger partial charge in [0, 0.05) is 10.0 Å². The number of esters is 1. The number of benzene rings is 1. The first-order valence-corrected chi connectivity index (χ1v) is 8.75. The molecule has 1 aliphatic carbocycles. The molecule has 4 nitrogen and oxygen atoms in total. The summed E-state index contributed by atoms with van der Waals surface area (Å²) in [6, 6.07) is 4.79. The van der Waals surface area contributed by atoms with Crippen molar-refractivity contribution in [2.24, 2.45) is 5.92 Å². The molecule has 1 aromatic carbocycles. The quantitative estimate of drug-likeness (QED) is 0.615. The summed E-state index contributed by atoms with van der Waals surface area (Å²) in [6.45, 7) is 3.38. The first-order chi connectivity index (χ1) is 11.4. The lowest BCUT2D eigenvalue weighted by molar-refractivity contribution is -0.159. The van der Waals surface area contributed by atoms with Crippen LogP contribution in [0, 0.1) is 5.92 Å². The molecule has 0 aliphatic heterocycles. The van der Waals surface area contributed by atoms with Crippen molar-refractivity contribution in [3.63, 3.8) is 0 Å². The minimum Gasteiger partial charge on any atom is -0.452 e. The smallest absolute Gasteiger partial charge is 0.310 e. The van der Waals surface area contributed by atoms with Gasteiger partial charge in [-0.15, -0.1) is 0 Å². The number of carbonyl (C=O) groups is 2. The molecule has 0 heterocycles. The summed E-state index contributed by atoms with van der Waals surface area (Å²) in [5.41, 5.74) is 0.755. The molecule has 0 bridgehead atoms. The van der Waals surface area contributed by atoms with E-state index in [4.69, 9.17) is 27.9 Å². The SMILES string of the molecule is CC(OC(=O)C1CC=CCC1)C(=O)NC(C)c1ccc(Cl)cc1Cl. The zero-order chi connectivity index (χ0) is 17.7. The molecule has 130 valence electrons. The van der Waals surface area contributed by atoms with E-state index >= 15 is 0 Å². The van der Waals surface area contributed by atoms with Gasteiger partial charge in [0.25, 0.3) is 5.91 Å². The molecular formula is C18H21Cl2NO3. The van der Waals surface area contributed by atoms with E-state index in [9.17, 15) is 9.59 Å². The third kappa shape index (κ3) is 4.99. The maximum atomic E-state index is 12.3. The standard InChI is InChI=1S/C18H21Cl2NO3/c1-11(15-9-8-14(19)10-16(15)20)21-17(22)12(2)24-18(23)13-6-4-3-5-7-13/h3-4,8-13H,5-7H2,1-2H3,(H,21,22). The monoisotopic (exact) mass is 369 g/mol. The van der Waals surface area contributed by atoms with Crippen molar-refractivity contribution in [1.82, 2.24) is 5.32 Å². The van der Waals surface area contributed by atoms with Crippen LogP contribution in [-0.2, 0) is 14.3 Å². The fourth-order valence-corrected chi connectivity index (χ4v) is 3.16. The highest BCUT2D eigenvalue weighted by atomic mass is 35.5. The van der Waals surface area contributed by atoms with Crippen molar-refractivity contribution in [3.8, 4) is 0 Å². The second kappa shape index (κ2) is 8.54. The summed E-state index contributed by atoms with van der Waals surface area (Å²) in [5, 5.41) is 3.82. The lowest BCUT2D eigenvalue weighted by Gasteiger charge is -2.22. The van der Waals surface area contributed by atoms with E-state index in [0.29, 0.717) is 16.5 Å². The fourth-order valence-electron chi connectivity index (χ4n) is 2.59. The first-order valence-electron chi connectivity index (χ1n) is 7.99. The van der Waals surface area contributed by atoms with Crippen LogP contribution in [0.15, 0.2) is 30.4 Å². The van der Waals surface area contributed by atoms with Crippen LogP contribution in [0.5, 0.6) is 0 Å². The minimum absolute atomic E-state index is 0.159. The van der Waals surface area contributed by atoms with Crippen LogP contribution in [0.4, 0.5) is 0 Å². The summed E-state index contributed by atoms with van der Waals surface area (Å²) >= 11 is 12.0. The maximum absolute atomic E-state index is 12.3. The van der Waals surface area contributed by atoms with Crippen LogP contribution in [0.25, 0.3) is 0 Å². The second-order valence-electron chi connectivity index (χ2n) is 5.96. The van der Waals surface area contributed by atoms with Gasteiger partial charge in [-0.3, -0.25) is 9.59 Å². The van der Waals surface area contributed by atoms with Crippen LogP contribution in [0.3, 0.4) is 0 Å². The number of nitrogens with one attached hydrogen (secondary N) is 1. The summed E-state index contributed by atoms with van der Waals surface area (Å²) < 4.78 is 5.30. The molecule has 0 radical (unpaired) electrons. The Morgan fingerprint density at radius 2 is 2.00 bits per heavy atom. The van der Waals surface area contributed by atoms with Gasteiger partial charge in [0.05, 0.1) is 12.0 Å². The fraction of sp³-hybridized carbons (Fsp3) is 0.444. The van der Waals surface area contributed by atoms with Crippen molar-refractivity contribution in [1.29, 1.82) is 0 Å². The van der Waals surface area contributed by atoms with Gasteiger partial charge < -0.3 is 10.1 Å². The van der Waals surface area contributed by atoms with Crippen molar-refractivity contribution >= 4 is 35.1 Å². The van der Waals surface area contributed by atoms with E-state index < -0.39 is 6.10 Å². The number of halogens is 2. The highest BCUT2D eigenvalue weighted by molar-refractivity contribution is 6.35. The van der Waals surface area contributed by atoms with E-state index in [1.165, 1.54) is 0 Å². The summed E-state index contributed by atoms with van der Waals surface area (Å²) in [4.78, 5) is 24.3. The minimum atomic E-state index is -0.850. The number of hydrogen-bond donors (Lipinski definition) is 1. The topological polar surface area (TPSA) is 55.4 Å². The lowest BCUT2D eigenvalue weighted by atomic mass is 9.95. The molecule has 1 aromatic rings. The van der Waals surface area contributed by atoms with E-state index in [1.54, 1.807) is 25.1 Å². The molecule has 24 heavy (non-hydrogen) atoms. The van der Waals surface area contributed by atoms with Crippen molar-refractivity contribution in [2.75, 3.05) is 0 Å². The molecule has 1 N–H and O–H groups in total. The van der Waals surface area contributed by atoms with Gasteiger partial charge in [0.2, 0.25) is 0 Å². The summed E-state index contributed by atoms with van der Waals surface area (Å²) in [5.74, 6) is -0.833. The van der Waals surface area contributed by atoms with E-state index in [-0.39, 0.29) is 23.8 Å². The molecule has 3 unspecified atom stereocenters. The number of amides is 1. The molecule has 0 aromatic heterocycles. The molecule has 6 heteroatoms. The van der Waals surface area contributed by atoms with Crippen LogP contribution in [-0.4, -0.2) is 18.0 Å². The highest BCUT2D eigenvalue weighted by Crippen LogP contribution is 2.26. The Balaban J connectivity index is 1.90. The Morgan fingerprint density at radius 3 is 2.62 bits per heavy atom. The van der Waals surface area contributed by atoms with Gasteiger partial charge in [-0.25, -0.2) is 0 Å². The predicted molar refractivity (Wildman–Crippen MR) is 95.1 cm³/mol. The van der Waals surface area contributed by atoms with Crippen LogP contribution >= 0.6 is 23.2 Å². The van der Waals surface area contributed by atoms with Gasteiger partial charge in [0.1, 0.15) is 0 Å². The Bertz CT molecular complexity index is 645. The molecule has 1 amide bonds. The second-order valence-corrected chi connectivity index (χ2v) is 6.80. The first kappa shape index (κ1) is 18.8. The molecule has 3 atom stereocenters. The Kier molecular flexibility index (Phi) is 6.69. The largest absolute Gasteiger partial charge is 0.452 e. The highest BCUT2D eigenvalue weighted by Gasteiger charge is 2.26. The number of hydrogen-bond acceptors (Lipinski definition) is 3. The maximum Gasteiger partial charge on any atom is 0.310 e. The Labute approximate surface area is 152 Å². The molecule has 1 aliphatic rings. The van der Waals surface area contributed by atoms with Crippen LogP contribution in [0.1, 0.15) is 44.7 Å². The number of carbonyl (C=O) groups excluding carboxylic acids is 2. The van der Waals surface area contributed by atoms with Crippen molar-refractivity contribution in [2.45, 2.75) is 45.3 Å². The van der Waals surface area contributed by atoms with Gasteiger partial charge in [0.15, 0.2) is 6.10 Å². The summed E-state index contributed by atoms with van der Waals surface area (Å²) in [7, 11) is 0. The Hall–Kier alpha value is -1.52.